The number of benzene rings is 1. The number of aliphatic hydroxyl groups is 1. The molecule has 2 heterocycles. The van der Waals surface area contributed by atoms with E-state index < -0.39 is 53.2 Å². The first-order chi connectivity index (χ1) is 20.8. The molecule has 1 saturated heterocycles. The van der Waals surface area contributed by atoms with Crippen LogP contribution in [0.5, 0.6) is 11.5 Å². The monoisotopic (exact) mass is 614 g/mol. The molecule has 0 saturated carbocycles. The summed E-state index contributed by atoms with van der Waals surface area (Å²) in [6.45, 7) is 5.20. The quantitative estimate of drug-likeness (QED) is 0.170. The predicted molar refractivity (Wildman–Crippen MR) is 156 cm³/mol. The molecule has 1 fully saturated rings. The standard InChI is InChI=1S/C31H42N4O9/c1-16(33-27(38)20(34-18(3)36)7-5-6-13-32)28(39)42-17(2)29(40)43-22-10-11-31(41)23-15-19-8-9-21(37)25-24(19)30(31,26(22)44-25)12-14-35(23)4/h8-10,16-17,20,23,26,37,41H,5-7,11-15,32H2,1-4H3,(H,33,38)(H,34,36)/t16-,17-,20-,23-,26-,30-,31+/m0/s1. The minimum absolute atomic E-state index is 0.0450. The zero-order valence-electron chi connectivity index (χ0n) is 25.6. The van der Waals surface area contributed by atoms with Crippen molar-refractivity contribution in [2.45, 2.75) is 101 Å². The van der Waals surface area contributed by atoms with Crippen LogP contribution in [0.25, 0.3) is 0 Å². The van der Waals surface area contributed by atoms with E-state index in [2.05, 4.69) is 15.5 Å². The van der Waals surface area contributed by atoms with Gasteiger partial charge in [-0.15, -0.1) is 0 Å². The van der Waals surface area contributed by atoms with Crippen molar-refractivity contribution in [1.29, 1.82) is 0 Å². The molecule has 0 aromatic heterocycles. The Labute approximate surface area is 256 Å². The van der Waals surface area contributed by atoms with Gasteiger partial charge in [0.05, 0.1) is 11.0 Å². The zero-order chi connectivity index (χ0) is 32.0. The Morgan fingerprint density at radius 1 is 1.18 bits per heavy atom. The summed E-state index contributed by atoms with van der Waals surface area (Å²) in [4.78, 5) is 52.5. The molecule has 1 aromatic rings. The van der Waals surface area contributed by atoms with E-state index in [9.17, 15) is 29.4 Å². The molecule has 2 amide bonds. The largest absolute Gasteiger partial charge is 0.504 e. The van der Waals surface area contributed by atoms with Crippen molar-refractivity contribution in [3.8, 4) is 11.5 Å². The maximum Gasteiger partial charge on any atom is 0.352 e. The molecule has 5 rings (SSSR count). The third-order valence-electron chi connectivity index (χ3n) is 9.55. The van der Waals surface area contributed by atoms with Gasteiger partial charge in [-0.05, 0) is 83.8 Å². The van der Waals surface area contributed by atoms with Gasteiger partial charge in [0.25, 0.3) is 0 Å². The Balaban J connectivity index is 1.26. The van der Waals surface area contributed by atoms with Crippen LogP contribution in [-0.2, 0) is 40.5 Å². The number of amides is 2. The number of nitrogens with two attached hydrogens (primary N) is 1. The maximum absolute atomic E-state index is 13.2. The van der Waals surface area contributed by atoms with Crippen LogP contribution in [0.3, 0.4) is 0 Å². The van der Waals surface area contributed by atoms with E-state index in [1.807, 2.05) is 13.1 Å². The lowest BCUT2D eigenvalue weighted by Crippen LogP contribution is -2.74. The van der Waals surface area contributed by atoms with Crippen LogP contribution in [0.1, 0.15) is 64.0 Å². The fourth-order valence-corrected chi connectivity index (χ4v) is 7.34. The summed E-state index contributed by atoms with van der Waals surface area (Å²) in [5, 5.41) is 28.0. The molecule has 13 nitrogen and oxygen atoms in total. The summed E-state index contributed by atoms with van der Waals surface area (Å²) >= 11 is 0. The fourth-order valence-electron chi connectivity index (χ4n) is 7.34. The molecule has 2 aliphatic heterocycles. The van der Waals surface area contributed by atoms with Crippen LogP contribution >= 0.6 is 0 Å². The second kappa shape index (κ2) is 12.0. The third-order valence-corrected chi connectivity index (χ3v) is 9.55. The molecular weight excluding hydrogens is 572 g/mol. The maximum atomic E-state index is 13.2. The molecule has 0 radical (unpaired) electrons. The second-order valence-electron chi connectivity index (χ2n) is 12.4. The van der Waals surface area contributed by atoms with Crippen molar-refractivity contribution in [2.24, 2.45) is 5.73 Å². The molecule has 1 spiro atoms. The van der Waals surface area contributed by atoms with Gasteiger partial charge in [0.1, 0.15) is 17.8 Å². The lowest BCUT2D eigenvalue weighted by molar-refractivity contribution is -0.176. The summed E-state index contributed by atoms with van der Waals surface area (Å²) < 4.78 is 17.4. The van der Waals surface area contributed by atoms with E-state index in [4.69, 9.17) is 19.9 Å². The lowest BCUT2D eigenvalue weighted by atomic mass is 9.50. The van der Waals surface area contributed by atoms with Gasteiger partial charge in [-0.2, -0.15) is 0 Å². The lowest BCUT2D eigenvalue weighted by Gasteiger charge is -2.61. The average molecular weight is 615 g/mol. The number of phenols is 1. The van der Waals surface area contributed by atoms with Gasteiger partial charge in [-0.1, -0.05) is 6.07 Å². The molecule has 44 heavy (non-hydrogen) atoms. The van der Waals surface area contributed by atoms with Crippen molar-refractivity contribution >= 4 is 23.8 Å². The minimum atomic E-state index is -1.33. The Bertz CT molecular complexity index is 1380. The first-order valence-corrected chi connectivity index (χ1v) is 15.2. The van der Waals surface area contributed by atoms with E-state index in [0.29, 0.717) is 50.9 Å². The van der Waals surface area contributed by atoms with Crippen LogP contribution in [-0.4, -0.2) is 94.9 Å². The van der Waals surface area contributed by atoms with Crippen molar-refractivity contribution in [1.82, 2.24) is 15.5 Å². The number of carbonyl (C=O) groups excluding carboxylic acids is 4. The number of carbonyl (C=O) groups is 4. The van der Waals surface area contributed by atoms with Gasteiger partial charge in [0.2, 0.25) is 11.8 Å². The molecule has 4 aliphatic rings. The van der Waals surface area contributed by atoms with Crippen molar-refractivity contribution in [3.63, 3.8) is 0 Å². The van der Waals surface area contributed by atoms with Gasteiger partial charge in [-0.3, -0.25) is 9.59 Å². The molecule has 0 unspecified atom stereocenters. The van der Waals surface area contributed by atoms with Crippen molar-refractivity contribution in [3.05, 3.63) is 35.1 Å². The van der Waals surface area contributed by atoms with Crippen LogP contribution in [0.2, 0.25) is 0 Å². The molecule has 13 heteroatoms. The summed E-state index contributed by atoms with van der Waals surface area (Å²) in [7, 11) is 1.98. The van der Waals surface area contributed by atoms with Gasteiger partial charge in [0, 0.05) is 24.9 Å². The minimum Gasteiger partial charge on any atom is -0.504 e. The van der Waals surface area contributed by atoms with Crippen molar-refractivity contribution in [2.75, 3.05) is 20.1 Å². The highest BCUT2D eigenvalue weighted by atomic mass is 16.6. The highest BCUT2D eigenvalue weighted by Crippen LogP contribution is 2.65. The van der Waals surface area contributed by atoms with Crippen LogP contribution < -0.4 is 21.1 Å². The SMILES string of the molecule is CC(=O)N[C@@H](CCCCN)C(=O)N[C@@H](C)C(=O)O[C@@H](C)C(=O)OC1=CC[C@@]2(O)[C@@H]3Cc4ccc(O)c5c4[C@@]2(CCN3C)[C@H]1O5. The van der Waals surface area contributed by atoms with Crippen LogP contribution in [0.4, 0.5) is 0 Å². The summed E-state index contributed by atoms with van der Waals surface area (Å²) in [6.07, 6.45) is 2.40. The first kappa shape index (κ1) is 31.7. The number of nitrogens with one attached hydrogen (secondary N) is 2. The Morgan fingerprint density at radius 3 is 2.64 bits per heavy atom. The Hall–Kier alpha value is -3.68. The second-order valence-corrected chi connectivity index (χ2v) is 12.4. The smallest absolute Gasteiger partial charge is 0.352 e. The van der Waals surface area contributed by atoms with E-state index >= 15 is 0 Å². The molecule has 240 valence electrons. The van der Waals surface area contributed by atoms with E-state index in [0.717, 1.165) is 11.1 Å². The van der Waals surface area contributed by atoms with Crippen LogP contribution in [0, 0.1) is 0 Å². The summed E-state index contributed by atoms with van der Waals surface area (Å²) in [5.41, 5.74) is 5.13. The number of esters is 2. The summed E-state index contributed by atoms with van der Waals surface area (Å²) in [6, 6.07) is 1.29. The molecule has 2 bridgehead atoms. The van der Waals surface area contributed by atoms with Gasteiger partial charge < -0.3 is 45.7 Å². The molecule has 6 N–H and O–H groups in total. The van der Waals surface area contributed by atoms with E-state index in [-0.39, 0.29) is 29.9 Å². The van der Waals surface area contributed by atoms with E-state index in [1.165, 1.54) is 20.8 Å². The molecule has 1 aromatic carbocycles. The predicted octanol–water partition coefficient (Wildman–Crippen LogP) is 0.283. The number of piperidine rings is 1. The topological polar surface area (TPSA) is 190 Å². The number of unbranched alkanes of at least 4 members (excludes halogenated alkanes) is 1. The number of likely N-dealkylation sites (N-methyl/N-ethyl adjacent to an activating group) is 1. The van der Waals surface area contributed by atoms with Gasteiger partial charge >= 0.3 is 11.9 Å². The van der Waals surface area contributed by atoms with E-state index in [1.54, 1.807) is 12.1 Å². The summed E-state index contributed by atoms with van der Waals surface area (Å²) in [5.74, 6) is -2.22. The van der Waals surface area contributed by atoms with Gasteiger partial charge in [0.15, 0.2) is 23.7 Å². The average Bonchev–Trinajstić information content (AvgIpc) is 3.33. The molecule has 2 aliphatic carbocycles. The Kier molecular flexibility index (Phi) is 8.67. The number of phenolic OH excluding ortho intramolecular Hbond substituents is 1. The highest BCUT2D eigenvalue weighted by molar-refractivity contribution is 5.90. The number of hydrogen-bond donors (Lipinski definition) is 5. The molecular formula is C31H42N4O9. The zero-order valence-corrected chi connectivity index (χ0v) is 25.6. The number of nitrogens with zero attached hydrogens (tertiary/aromatic N) is 1. The first-order valence-electron chi connectivity index (χ1n) is 15.2. The van der Waals surface area contributed by atoms with Crippen molar-refractivity contribution < 1.29 is 43.6 Å². The number of aromatic hydroxyl groups is 1. The number of hydrogen-bond acceptors (Lipinski definition) is 11. The van der Waals surface area contributed by atoms with Crippen LogP contribution in [0.15, 0.2) is 24.0 Å². The fraction of sp³-hybridized carbons (Fsp3) is 0.613. The normalized spacial score (nSPS) is 28.4. The number of likely N-dealkylation sites (tertiary alicyclic amines) is 1. The third kappa shape index (κ3) is 5.20. The highest BCUT2D eigenvalue weighted by Gasteiger charge is 2.72. The molecule has 7 atom stereocenters. The Morgan fingerprint density at radius 2 is 1.93 bits per heavy atom. The number of rotatable bonds is 11. The van der Waals surface area contributed by atoms with Gasteiger partial charge in [-0.25, -0.2) is 9.59 Å². The number of ether oxygens (including phenoxy) is 3.